The van der Waals surface area contributed by atoms with Crippen LogP contribution in [-0.2, 0) is 0 Å². The lowest BCUT2D eigenvalue weighted by atomic mass is 10.0. The molecule has 1 aliphatic heterocycles. The van der Waals surface area contributed by atoms with Crippen molar-refractivity contribution in [2.24, 2.45) is 0 Å². The summed E-state index contributed by atoms with van der Waals surface area (Å²) in [5.74, 6) is 0.914. The number of Topliss-reactive ketones (excluding diaryl/α,β-unsaturated/α-hetero) is 1. The van der Waals surface area contributed by atoms with E-state index in [0.717, 1.165) is 35.2 Å². The van der Waals surface area contributed by atoms with Gasteiger partial charge in [-0.1, -0.05) is 0 Å². The van der Waals surface area contributed by atoms with E-state index < -0.39 is 0 Å². The Labute approximate surface area is 103 Å². The SMILES string of the molecule is COc1ccc(C(=O)C2CCCN2)cc1Br. The number of halogens is 1. The maximum absolute atomic E-state index is 12.1. The first-order valence-corrected chi connectivity index (χ1v) is 6.13. The Balaban J connectivity index is 2.20. The number of carbonyl (C=O) groups excluding carboxylic acids is 1. The Hall–Kier alpha value is -0.870. The number of methoxy groups -OCH3 is 1. The summed E-state index contributed by atoms with van der Waals surface area (Å²) in [6, 6.07) is 5.43. The lowest BCUT2D eigenvalue weighted by Crippen LogP contribution is -2.30. The second kappa shape index (κ2) is 4.97. The number of hydrogen-bond acceptors (Lipinski definition) is 3. The van der Waals surface area contributed by atoms with Gasteiger partial charge in [0, 0.05) is 5.56 Å². The van der Waals surface area contributed by atoms with Crippen molar-refractivity contribution in [1.29, 1.82) is 0 Å². The van der Waals surface area contributed by atoms with E-state index in [1.54, 1.807) is 7.11 Å². The Morgan fingerprint density at radius 2 is 2.38 bits per heavy atom. The predicted octanol–water partition coefficient (Wildman–Crippen LogP) is 2.39. The van der Waals surface area contributed by atoms with E-state index in [4.69, 9.17) is 4.74 Å². The maximum Gasteiger partial charge on any atom is 0.179 e. The Morgan fingerprint density at radius 1 is 1.56 bits per heavy atom. The van der Waals surface area contributed by atoms with Gasteiger partial charge in [0.05, 0.1) is 17.6 Å². The molecular formula is C12H14BrNO2. The summed E-state index contributed by atoms with van der Waals surface area (Å²) >= 11 is 3.39. The number of hydrogen-bond donors (Lipinski definition) is 1. The lowest BCUT2D eigenvalue weighted by molar-refractivity contribution is 0.0952. The zero-order valence-electron chi connectivity index (χ0n) is 9.13. The average Bonchev–Trinajstić information content (AvgIpc) is 2.81. The minimum absolute atomic E-state index is 0.0136. The topological polar surface area (TPSA) is 38.3 Å². The molecule has 1 aliphatic rings. The van der Waals surface area contributed by atoms with Crippen molar-refractivity contribution < 1.29 is 9.53 Å². The molecule has 2 rings (SSSR count). The van der Waals surface area contributed by atoms with Gasteiger partial charge >= 0.3 is 0 Å². The van der Waals surface area contributed by atoms with E-state index >= 15 is 0 Å². The van der Waals surface area contributed by atoms with Crippen LogP contribution in [0.15, 0.2) is 22.7 Å². The molecule has 0 aromatic heterocycles. The first-order valence-electron chi connectivity index (χ1n) is 5.33. The summed E-state index contributed by atoms with van der Waals surface area (Å²) in [7, 11) is 1.61. The summed E-state index contributed by atoms with van der Waals surface area (Å²) in [4.78, 5) is 12.1. The molecule has 1 aromatic carbocycles. The smallest absolute Gasteiger partial charge is 0.179 e. The third kappa shape index (κ3) is 2.28. The van der Waals surface area contributed by atoms with Crippen LogP contribution in [0.2, 0.25) is 0 Å². The van der Waals surface area contributed by atoms with Crippen molar-refractivity contribution in [3.63, 3.8) is 0 Å². The highest BCUT2D eigenvalue weighted by molar-refractivity contribution is 9.10. The minimum atomic E-state index is -0.0136. The summed E-state index contributed by atoms with van der Waals surface area (Å²) in [5, 5.41) is 3.21. The summed E-state index contributed by atoms with van der Waals surface area (Å²) in [5.41, 5.74) is 0.729. The van der Waals surface area contributed by atoms with Crippen LogP contribution in [0.4, 0.5) is 0 Å². The number of nitrogens with one attached hydrogen (secondary N) is 1. The van der Waals surface area contributed by atoms with Crippen LogP contribution in [-0.4, -0.2) is 25.5 Å². The van der Waals surface area contributed by atoms with E-state index in [1.807, 2.05) is 18.2 Å². The molecule has 4 heteroatoms. The van der Waals surface area contributed by atoms with Gasteiger partial charge < -0.3 is 10.1 Å². The molecule has 16 heavy (non-hydrogen) atoms. The molecule has 0 saturated carbocycles. The summed E-state index contributed by atoms with van der Waals surface area (Å²) in [6.45, 7) is 0.938. The summed E-state index contributed by atoms with van der Waals surface area (Å²) < 4.78 is 5.95. The Morgan fingerprint density at radius 3 is 2.94 bits per heavy atom. The van der Waals surface area contributed by atoms with Crippen LogP contribution in [0.25, 0.3) is 0 Å². The molecule has 0 aliphatic carbocycles. The standard InChI is InChI=1S/C12H14BrNO2/c1-16-11-5-4-8(7-9(11)13)12(15)10-3-2-6-14-10/h4-5,7,10,14H,2-3,6H2,1H3. The molecule has 1 N–H and O–H groups in total. The first-order chi connectivity index (χ1) is 7.72. The van der Waals surface area contributed by atoms with Crippen molar-refractivity contribution in [2.75, 3.05) is 13.7 Å². The lowest BCUT2D eigenvalue weighted by Gasteiger charge is -2.10. The molecule has 0 radical (unpaired) electrons. The summed E-state index contributed by atoms with van der Waals surface area (Å²) in [6.07, 6.45) is 2.01. The number of carbonyl (C=O) groups is 1. The van der Waals surface area contributed by atoms with Crippen LogP contribution < -0.4 is 10.1 Å². The fraction of sp³-hybridized carbons (Fsp3) is 0.417. The Kier molecular flexibility index (Phi) is 3.61. The fourth-order valence-corrected chi connectivity index (χ4v) is 2.47. The predicted molar refractivity (Wildman–Crippen MR) is 66.0 cm³/mol. The van der Waals surface area contributed by atoms with Crippen LogP contribution >= 0.6 is 15.9 Å². The van der Waals surface area contributed by atoms with Crippen molar-refractivity contribution in [3.05, 3.63) is 28.2 Å². The van der Waals surface area contributed by atoms with Crippen molar-refractivity contribution in [2.45, 2.75) is 18.9 Å². The van der Waals surface area contributed by atoms with Gasteiger partial charge in [-0.3, -0.25) is 4.79 Å². The largest absolute Gasteiger partial charge is 0.496 e. The molecule has 1 heterocycles. The Bertz CT molecular complexity index is 400. The van der Waals surface area contributed by atoms with Gasteiger partial charge in [-0.05, 0) is 53.5 Å². The van der Waals surface area contributed by atoms with Gasteiger partial charge in [0.25, 0.3) is 0 Å². The third-order valence-corrected chi connectivity index (χ3v) is 3.43. The number of rotatable bonds is 3. The van der Waals surface area contributed by atoms with Gasteiger partial charge in [-0.25, -0.2) is 0 Å². The first kappa shape index (κ1) is 11.6. The van der Waals surface area contributed by atoms with Gasteiger partial charge in [0.2, 0.25) is 0 Å². The molecule has 1 saturated heterocycles. The molecule has 0 spiro atoms. The average molecular weight is 284 g/mol. The van der Waals surface area contributed by atoms with E-state index in [2.05, 4.69) is 21.2 Å². The highest BCUT2D eigenvalue weighted by atomic mass is 79.9. The molecule has 3 nitrogen and oxygen atoms in total. The maximum atomic E-state index is 12.1. The number of ketones is 1. The molecule has 1 unspecified atom stereocenters. The quantitative estimate of drug-likeness (QED) is 0.866. The number of ether oxygens (including phenoxy) is 1. The molecule has 1 aromatic rings. The molecule has 1 fully saturated rings. The molecule has 86 valence electrons. The van der Waals surface area contributed by atoms with E-state index in [1.165, 1.54) is 0 Å². The van der Waals surface area contributed by atoms with Crippen molar-refractivity contribution >= 4 is 21.7 Å². The molecule has 0 bridgehead atoms. The number of benzene rings is 1. The van der Waals surface area contributed by atoms with Crippen molar-refractivity contribution in [3.8, 4) is 5.75 Å². The normalized spacial score (nSPS) is 19.8. The zero-order chi connectivity index (χ0) is 11.5. The second-order valence-electron chi connectivity index (χ2n) is 3.86. The molecule has 0 amide bonds. The zero-order valence-corrected chi connectivity index (χ0v) is 10.7. The van der Waals surface area contributed by atoms with E-state index in [0.29, 0.717) is 0 Å². The van der Waals surface area contributed by atoms with Crippen LogP contribution in [0.1, 0.15) is 23.2 Å². The second-order valence-corrected chi connectivity index (χ2v) is 4.72. The minimum Gasteiger partial charge on any atom is -0.496 e. The fourth-order valence-electron chi connectivity index (χ4n) is 1.93. The van der Waals surface area contributed by atoms with Crippen LogP contribution in [0.3, 0.4) is 0 Å². The van der Waals surface area contributed by atoms with Gasteiger partial charge in [0.15, 0.2) is 5.78 Å². The third-order valence-electron chi connectivity index (χ3n) is 2.81. The highest BCUT2D eigenvalue weighted by Crippen LogP contribution is 2.26. The van der Waals surface area contributed by atoms with E-state index in [9.17, 15) is 4.79 Å². The van der Waals surface area contributed by atoms with E-state index in [-0.39, 0.29) is 11.8 Å². The van der Waals surface area contributed by atoms with Crippen LogP contribution in [0, 0.1) is 0 Å². The van der Waals surface area contributed by atoms with Gasteiger partial charge in [-0.2, -0.15) is 0 Å². The van der Waals surface area contributed by atoms with Gasteiger partial charge in [0.1, 0.15) is 5.75 Å². The van der Waals surface area contributed by atoms with Crippen molar-refractivity contribution in [1.82, 2.24) is 5.32 Å². The monoisotopic (exact) mass is 283 g/mol. The van der Waals surface area contributed by atoms with Gasteiger partial charge in [-0.15, -0.1) is 0 Å². The van der Waals surface area contributed by atoms with Crippen LogP contribution in [0.5, 0.6) is 5.75 Å². The highest BCUT2D eigenvalue weighted by Gasteiger charge is 2.23. The molecule has 1 atom stereocenters. The molecular weight excluding hydrogens is 270 g/mol.